The quantitative estimate of drug-likeness (QED) is 0.533. The predicted octanol–water partition coefficient (Wildman–Crippen LogP) is 0.862. The van der Waals surface area contributed by atoms with Gasteiger partial charge >= 0.3 is 6.03 Å². The first-order valence-electron chi connectivity index (χ1n) is 4.88. The molecule has 0 atom stereocenters. The molecule has 0 saturated carbocycles. The zero-order chi connectivity index (χ0) is 12.8. The van der Waals surface area contributed by atoms with E-state index in [2.05, 4.69) is 10.6 Å². The van der Waals surface area contributed by atoms with E-state index in [4.69, 9.17) is 5.73 Å². The number of benzene rings is 1. The number of urea groups is 1. The number of rotatable bonds is 5. The van der Waals surface area contributed by atoms with Gasteiger partial charge in [-0.25, -0.2) is 18.0 Å². The Balaban J connectivity index is 2.41. The summed E-state index contributed by atoms with van der Waals surface area (Å²) in [6.45, 7) is 0.630. The van der Waals surface area contributed by atoms with Gasteiger partial charge in [-0.2, -0.15) is 0 Å². The number of carbonyl (C=O) groups is 1. The number of halogens is 3. The summed E-state index contributed by atoms with van der Waals surface area (Å²) in [4.78, 5) is 10.3. The maximum Gasteiger partial charge on any atom is 0.312 e. The van der Waals surface area contributed by atoms with Gasteiger partial charge in [0.2, 0.25) is 0 Å². The Hall–Kier alpha value is -1.76. The van der Waals surface area contributed by atoms with Gasteiger partial charge in [-0.15, -0.1) is 0 Å². The third kappa shape index (κ3) is 4.31. The fraction of sp³-hybridized carbons (Fsp3) is 0.300. The summed E-state index contributed by atoms with van der Waals surface area (Å²) >= 11 is 0. The number of amides is 2. The number of carbonyl (C=O) groups excluding carboxylic acids is 1. The molecule has 7 heteroatoms. The number of nitrogens with two attached hydrogens (primary N) is 1. The number of primary amides is 1. The highest BCUT2D eigenvalue weighted by Crippen LogP contribution is 2.13. The zero-order valence-electron chi connectivity index (χ0n) is 8.90. The van der Waals surface area contributed by atoms with Gasteiger partial charge in [-0.1, -0.05) is 0 Å². The van der Waals surface area contributed by atoms with Crippen LogP contribution >= 0.6 is 0 Å². The fourth-order valence-electron chi connectivity index (χ4n) is 1.20. The van der Waals surface area contributed by atoms with Gasteiger partial charge < -0.3 is 16.4 Å². The van der Waals surface area contributed by atoms with Crippen LogP contribution in [0, 0.1) is 17.5 Å². The van der Waals surface area contributed by atoms with Crippen LogP contribution in [0.2, 0.25) is 0 Å². The van der Waals surface area contributed by atoms with Crippen LogP contribution in [0.3, 0.4) is 0 Å². The maximum atomic E-state index is 13.1. The van der Waals surface area contributed by atoms with Crippen molar-refractivity contribution < 1.29 is 18.0 Å². The molecule has 0 aliphatic carbocycles. The van der Waals surface area contributed by atoms with Crippen LogP contribution in [-0.4, -0.2) is 19.1 Å². The van der Waals surface area contributed by atoms with Crippen molar-refractivity contribution in [2.45, 2.75) is 6.54 Å². The summed E-state index contributed by atoms with van der Waals surface area (Å²) in [6.07, 6.45) is 0. The first-order valence-corrected chi connectivity index (χ1v) is 4.88. The number of hydrogen-bond acceptors (Lipinski definition) is 2. The highest BCUT2D eigenvalue weighted by molar-refractivity contribution is 5.71. The lowest BCUT2D eigenvalue weighted by atomic mass is 10.2. The predicted molar refractivity (Wildman–Crippen MR) is 55.6 cm³/mol. The topological polar surface area (TPSA) is 67.2 Å². The largest absolute Gasteiger partial charge is 0.352 e. The SMILES string of the molecule is NC(=O)NCCNCc1cc(F)c(F)cc1F. The fourth-order valence-corrected chi connectivity index (χ4v) is 1.20. The first-order chi connectivity index (χ1) is 8.00. The molecule has 0 aromatic heterocycles. The van der Waals surface area contributed by atoms with Crippen LogP contribution in [0.25, 0.3) is 0 Å². The van der Waals surface area contributed by atoms with Gasteiger partial charge in [0.15, 0.2) is 11.6 Å². The summed E-state index contributed by atoms with van der Waals surface area (Å²) in [5.74, 6) is -3.14. The molecule has 0 bridgehead atoms. The molecule has 17 heavy (non-hydrogen) atoms. The van der Waals surface area contributed by atoms with Crippen molar-refractivity contribution in [3.63, 3.8) is 0 Å². The molecule has 4 N–H and O–H groups in total. The highest BCUT2D eigenvalue weighted by atomic mass is 19.2. The summed E-state index contributed by atoms with van der Waals surface area (Å²) in [5.41, 5.74) is 4.83. The smallest absolute Gasteiger partial charge is 0.312 e. The van der Waals surface area contributed by atoms with E-state index in [1.807, 2.05) is 0 Å². The zero-order valence-corrected chi connectivity index (χ0v) is 8.90. The van der Waals surface area contributed by atoms with E-state index >= 15 is 0 Å². The van der Waals surface area contributed by atoms with Crippen molar-refractivity contribution in [3.05, 3.63) is 35.1 Å². The Morgan fingerprint density at radius 2 is 1.76 bits per heavy atom. The van der Waals surface area contributed by atoms with Crippen molar-refractivity contribution in [2.24, 2.45) is 5.73 Å². The molecule has 0 fully saturated rings. The summed E-state index contributed by atoms with van der Waals surface area (Å²) in [7, 11) is 0. The Morgan fingerprint density at radius 3 is 2.41 bits per heavy atom. The van der Waals surface area contributed by atoms with Gasteiger partial charge in [0, 0.05) is 31.3 Å². The molecule has 94 valence electrons. The van der Waals surface area contributed by atoms with E-state index in [0.717, 1.165) is 6.07 Å². The number of nitrogens with one attached hydrogen (secondary N) is 2. The lowest BCUT2D eigenvalue weighted by Gasteiger charge is -2.06. The average Bonchev–Trinajstić information content (AvgIpc) is 2.24. The second-order valence-corrected chi connectivity index (χ2v) is 3.33. The van der Waals surface area contributed by atoms with Gasteiger partial charge in [-0.3, -0.25) is 0 Å². The molecule has 1 aromatic carbocycles. The van der Waals surface area contributed by atoms with Crippen molar-refractivity contribution >= 4 is 6.03 Å². The molecular formula is C10H12F3N3O. The second kappa shape index (κ2) is 6.09. The minimum absolute atomic E-state index is 0.0166. The van der Waals surface area contributed by atoms with Crippen LogP contribution in [0.1, 0.15) is 5.56 Å². The van der Waals surface area contributed by atoms with E-state index in [0.29, 0.717) is 12.6 Å². The molecule has 4 nitrogen and oxygen atoms in total. The third-order valence-corrected chi connectivity index (χ3v) is 2.01. The van der Waals surface area contributed by atoms with Crippen molar-refractivity contribution in [1.29, 1.82) is 0 Å². The van der Waals surface area contributed by atoms with Crippen molar-refractivity contribution in [2.75, 3.05) is 13.1 Å². The van der Waals surface area contributed by atoms with Crippen LogP contribution in [-0.2, 0) is 6.54 Å². The van der Waals surface area contributed by atoms with Gasteiger partial charge in [-0.05, 0) is 6.07 Å². The molecule has 0 radical (unpaired) electrons. The molecule has 0 aliphatic rings. The van der Waals surface area contributed by atoms with E-state index in [1.165, 1.54) is 0 Å². The van der Waals surface area contributed by atoms with E-state index < -0.39 is 23.5 Å². The van der Waals surface area contributed by atoms with Gasteiger partial charge in [0.1, 0.15) is 5.82 Å². The molecular weight excluding hydrogens is 235 g/mol. The number of hydrogen-bond donors (Lipinski definition) is 3. The van der Waals surface area contributed by atoms with Crippen LogP contribution in [0.15, 0.2) is 12.1 Å². The lowest BCUT2D eigenvalue weighted by Crippen LogP contribution is -2.35. The van der Waals surface area contributed by atoms with E-state index in [1.54, 1.807) is 0 Å². The Kier molecular flexibility index (Phi) is 4.77. The maximum absolute atomic E-state index is 13.1. The standard InChI is InChI=1S/C10H12F3N3O/c11-7-4-9(13)8(12)3-6(7)5-15-1-2-16-10(14)17/h3-4,15H,1-2,5H2,(H3,14,16,17). The van der Waals surface area contributed by atoms with E-state index in [-0.39, 0.29) is 18.7 Å². The third-order valence-electron chi connectivity index (χ3n) is 2.01. The van der Waals surface area contributed by atoms with E-state index in [9.17, 15) is 18.0 Å². The molecule has 2 amide bonds. The second-order valence-electron chi connectivity index (χ2n) is 3.33. The Bertz CT molecular complexity index is 412. The molecule has 0 spiro atoms. The minimum Gasteiger partial charge on any atom is -0.352 e. The monoisotopic (exact) mass is 247 g/mol. The lowest BCUT2D eigenvalue weighted by molar-refractivity contribution is 0.249. The van der Waals surface area contributed by atoms with Crippen LogP contribution in [0.5, 0.6) is 0 Å². The van der Waals surface area contributed by atoms with Gasteiger partial charge in [0.25, 0.3) is 0 Å². The minimum atomic E-state index is -1.22. The molecule has 0 unspecified atom stereocenters. The first kappa shape index (κ1) is 13.3. The average molecular weight is 247 g/mol. The Morgan fingerprint density at radius 1 is 1.12 bits per heavy atom. The summed E-state index contributed by atoms with van der Waals surface area (Å²) < 4.78 is 38.5. The van der Waals surface area contributed by atoms with Gasteiger partial charge in [0.05, 0.1) is 0 Å². The molecule has 0 saturated heterocycles. The summed E-state index contributed by atoms with van der Waals surface area (Å²) in [6, 6.07) is 0.624. The molecule has 0 aliphatic heterocycles. The highest BCUT2D eigenvalue weighted by Gasteiger charge is 2.08. The van der Waals surface area contributed by atoms with Crippen molar-refractivity contribution in [3.8, 4) is 0 Å². The van der Waals surface area contributed by atoms with Crippen LogP contribution in [0.4, 0.5) is 18.0 Å². The summed E-state index contributed by atoms with van der Waals surface area (Å²) in [5, 5.41) is 5.06. The Labute approximate surface area is 96.0 Å². The van der Waals surface area contributed by atoms with Crippen molar-refractivity contribution in [1.82, 2.24) is 10.6 Å². The normalized spacial score (nSPS) is 10.3. The van der Waals surface area contributed by atoms with Crippen LogP contribution < -0.4 is 16.4 Å². The molecule has 1 aromatic rings. The molecule has 1 rings (SSSR count). The molecule has 0 heterocycles.